The van der Waals surface area contributed by atoms with Crippen LogP contribution in [0.15, 0.2) is 6.07 Å². The van der Waals surface area contributed by atoms with Crippen molar-refractivity contribution in [3.05, 3.63) is 17.5 Å². The molecule has 5 nitrogen and oxygen atoms in total. The first-order chi connectivity index (χ1) is 9.51. The van der Waals surface area contributed by atoms with Gasteiger partial charge in [0.2, 0.25) is 5.95 Å². The van der Waals surface area contributed by atoms with Crippen LogP contribution in [0.5, 0.6) is 0 Å². The third kappa shape index (κ3) is 3.26. The molecule has 1 fully saturated rings. The monoisotopic (exact) mass is 277 g/mol. The van der Waals surface area contributed by atoms with Gasteiger partial charge in [-0.15, -0.1) is 0 Å². The van der Waals surface area contributed by atoms with E-state index in [1.807, 2.05) is 11.9 Å². The molecule has 1 aliphatic carbocycles. The van der Waals surface area contributed by atoms with Crippen LogP contribution in [0.4, 0.5) is 5.95 Å². The lowest BCUT2D eigenvalue weighted by molar-refractivity contribution is 0.0690. The van der Waals surface area contributed by atoms with E-state index >= 15 is 0 Å². The molecule has 0 aliphatic heterocycles. The maximum absolute atomic E-state index is 11.1. The minimum atomic E-state index is -1.00. The average molecular weight is 277 g/mol. The number of hydrogen-bond acceptors (Lipinski definition) is 4. The van der Waals surface area contributed by atoms with Crippen LogP contribution >= 0.6 is 0 Å². The number of aromatic nitrogens is 2. The highest BCUT2D eigenvalue weighted by atomic mass is 16.4. The lowest BCUT2D eigenvalue weighted by Crippen LogP contribution is -2.36. The molecule has 2 rings (SSSR count). The maximum Gasteiger partial charge on any atom is 0.354 e. The molecule has 0 radical (unpaired) electrons. The predicted molar refractivity (Wildman–Crippen MR) is 78.2 cm³/mol. The third-order valence-electron chi connectivity index (χ3n) is 4.32. The lowest BCUT2D eigenvalue weighted by Gasteiger charge is -2.34. The Hall–Kier alpha value is -1.65. The van der Waals surface area contributed by atoms with Crippen LogP contribution in [0.2, 0.25) is 0 Å². The largest absolute Gasteiger partial charge is 0.477 e. The molecule has 0 unspecified atom stereocenters. The maximum atomic E-state index is 11.1. The number of carbonyl (C=O) groups is 1. The fourth-order valence-corrected chi connectivity index (χ4v) is 2.92. The van der Waals surface area contributed by atoms with Crippen molar-refractivity contribution in [2.75, 3.05) is 11.9 Å². The highest BCUT2D eigenvalue weighted by molar-refractivity contribution is 5.85. The number of hydrogen-bond donors (Lipinski definition) is 1. The van der Waals surface area contributed by atoms with Crippen LogP contribution in [0.3, 0.4) is 0 Å². The van der Waals surface area contributed by atoms with Gasteiger partial charge in [0.15, 0.2) is 5.69 Å². The first-order valence-corrected chi connectivity index (χ1v) is 7.33. The summed E-state index contributed by atoms with van der Waals surface area (Å²) >= 11 is 0. The van der Waals surface area contributed by atoms with E-state index in [0.29, 0.717) is 17.7 Å². The number of nitrogens with zero attached hydrogens (tertiary/aromatic N) is 3. The van der Waals surface area contributed by atoms with E-state index in [4.69, 9.17) is 5.11 Å². The van der Waals surface area contributed by atoms with Crippen molar-refractivity contribution in [1.82, 2.24) is 9.97 Å². The SMILES string of the molecule is CCC1CCC(N(C)c2nc(C)cc(C(=O)O)n2)CC1. The van der Waals surface area contributed by atoms with Crippen molar-refractivity contribution in [3.63, 3.8) is 0 Å². The number of anilines is 1. The molecule has 1 aliphatic rings. The van der Waals surface area contributed by atoms with Crippen molar-refractivity contribution in [2.24, 2.45) is 5.92 Å². The van der Waals surface area contributed by atoms with Gasteiger partial charge in [0.1, 0.15) is 0 Å². The predicted octanol–water partition coefficient (Wildman–Crippen LogP) is 2.89. The van der Waals surface area contributed by atoms with Gasteiger partial charge in [-0.3, -0.25) is 0 Å². The summed E-state index contributed by atoms with van der Waals surface area (Å²) in [6, 6.07) is 1.93. The second-order valence-electron chi connectivity index (χ2n) is 5.69. The molecule has 1 saturated carbocycles. The smallest absolute Gasteiger partial charge is 0.354 e. The van der Waals surface area contributed by atoms with Crippen molar-refractivity contribution in [1.29, 1.82) is 0 Å². The molecule has 1 aromatic heterocycles. The first kappa shape index (κ1) is 14.8. The Bertz CT molecular complexity index is 482. The molecule has 20 heavy (non-hydrogen) atoms. The zero-order valence-corrected chi connectivity index (χ0v) is 12.5. The summed E-state index contributed by atoms with van der Waals surface area (Å²) in [5.41, 5.74) is 0.767. The van der Waals surface area contributed by atoms with Crippen LogP contribution in [-0.4, -0.2) is 34.1 Å². The standard InChI is InChI=1S/C15H23N3O2/c1-4-11-5-7-12(8-6-11)18(3)15-16-10(2)9-13(17-15)14(19)20/h9,11-12H,4-8H2,1-3H3,(H,19,20). The third-order valence-corrected chi connectivity index (χ3v) is 4.32. The molecular formula is C15H23N3O2. The highest BCUT2D eigenvalue weighted by Gasteiger charge is 2.25. The molecule has 110 valence electrons. The Morgan fingerprint density at radius 1 is 1.35 bits per heavy atom. The van der Waals surface area contributed by atoms with E-state index in [9.17, 15) is 4.79 Å². The molecular weight excluding hydrogens is 254 g/mol. The minimum Gasteiger partial charge on any atom is -0.477 e. The van der Waals surface area contributed by atoms with Gasteiger partial charge in [0, 0.05) is 18.8 Å². The van der Waals surface area contributed by atoms with E-state index in [-0.39, 0.29) is 5.69 Å². The van der Waals surface area contributed by atoms with Crippen LogP contribution in [0.1, 0.15) is 55.2 Å². The van der Waals surface area contributed by atoms with E-state index in [1.54, 1.807) is 6.92 Å². The molecule has 1 heterocycles. The Labute approximate surface area is 120 Å². The summed E-state index contributed by atoms with van der Waals surface area (Å²) < 4.78 is 0. The molecule has 1 aromatic rings. The van der Waals surface area contributed by atoms with Crippen LogP contribution in [-0.2, 0) is 0 Å². The van der Waals surface area contributed by atoms with E-state index in [1.165, 1.54) is 25.3 Å². The van der Waals surface area contributed by atoms with Crippen LogP contribution in [0.25, 0.3) is 0 Å². The number of rotatable bonds is 4. The van der Waals surface area contributed by atoms with Gasteiger partial charge in [-0.05, 0) is 44.6 Å². The molecule has 0 spiro atoms. The van der Waals surface area contributed by atoms with Gasteiger partial charge < -0.3 is 10.0 Å². The zero-order chi connectivity index (χ0) is 14.7. The van der Waals surface area contributed by atoms with Gasteiger partial charge in [-0.2, -0.15) is 0 Å². The van der Waals surface area contributed by atoms with Crippen molar-refractivity contribution in [3.8, 4) is 0 Å². The van der Waals surface area contributed by atoms with Gasteiger partial charge in [-0.25, -0.2) is 14.8 Å². The first-order valence-electron chi connectivity index (χ1n) is 7.33. The normalized spacial score (nSPS) is 22.6. The van der Waals surface area contributed by atoms with Gasteiger partial charge in [0.05, 0.1) is 0 Å². The van der Waals surface area contributed by atoms with E-state index in [2.05, 4.69) is 16.9 Å². The van der Waals surface area contributed by atoms with E-state index in [0.717, 1.165) is 18.8 Å². The van der Waals surface area contributed by atoms with Crippen molar-refractivity contribution >= 4 is 11.9 Å². The summed E-state index contributed by atoms with van der Waals surface area (Å²) in [4.78, 5) is 21.7. The molecule has 0 saturated heterocycles. The number of aromatic carboxylic acids is 1. The molecule has 1 N–H and O–H groups in total. The number of aryl methyl sites for hydroxylation is 1. The Morgan fingerprint density at radius 2 is 2.00 bits per heavy atom. The summed E-state index contributed by atoms with van der Waals surface area (Å²) in [5.74, 6) is 0.370. The summed E-state index contributed by atoms with van der Waals surface area (Å²) in [5, 5.41) is 9.08. The number of carboxylic acid groups (broad SMARTS) is 1. The molecule has 0 atom stereocenters. The van der Waals surface area contributed by atoms with Crippen molar-refractivity contribution in [2.45, 2.75) is 52.0 Å². The van der Waals surface area contributed by atoms with Gasteiger partial charge in [0.25, 0.3) is 0 Å². The van der Waals surface area contributed by atoms with Gasteiger partial charge in [-0.1, -0.05) is 13.3 Å². The fourth-order valence-electron chi connectivity index (χ4n) is 2.92. The van der Waals surface area contributed by atoms with E-state index < -0.39 is 5.97 Å². The minimum absolute atomic E-state index is 0.0709. The average Bonchev–Trinajstić information content (AvgIpc) is 2.46. The van der Waals surface area contributed by atoms with Gasteiger partial charge >= 0.3 is 5.97 Å². The summed E-state index contributed by atoms with van der Waals surface area (Å²) in [6.45, 7) is 4.05. The summed E-state index contributed by atoms with van der Waals surface area (Å²) in [6.07, 6.45) is 6.00. The molecule has 0 bridgehead atoms. The topological polar surface area (TPSA) is 66.3 Å². The van der Waals surface area contributed by atoms with Crippen LogP contribution < -0.4 is 4.90 Å². The zero-order valence-electron chi connectivity index (χ0n) is 12.5. The number of carboxylic acids is 1. The highest BCUT2D eigenvalue weighted by Crippen LogP contribution is 2.30. The fraction of sp³-hybridized carbons (Fsp3) is 0.667. The Kier molecular flexibility index (Phi) is 4.57. The molecule has 0 amide bonds. The quantitative estimate of drug-likeness (QED) is 0.916. The van der Waals surface area contributed by atoms with Crippen LogP contribution in [0, 0.1) is 12.8 Å². The Morgan fingerprint density at radius 3 is 2.55 bits per heavy atom. The second-order valence-corrected chi connectivity index (χ2v) is 5.69. The second kappa shape index (κ2) is 6.20. The summed E-state index contributed by atoms with van der Waals surface area (Å²) in [7, 11) is 1.97. The molecule has 5 heteroatoms. The molecule has 0 aromatic carbocycles. The van der Waals surface area contributed by atoms with Crippen molar-refractivity contribution < 1.29 is 9.90 Å². The Balaban J connectivity index is 2.13. The lowest BCUT2D eigenvalue weighted by atomic mass is 9.84.